The lowest BCUT2D eigenvalue weighted by Gasteiger charge is -2.36. The smallest absolute Gasteiger partial charge is 0.321 e. The largest absolute Gasteiger partial charge is 0.341 e. The van der Waals surface area contributed by atoms with Crippen molar-refractivity contribution < 1.29 is 18.0 Å². The summed E-state index contributed by atoms with van der Waals surface area (Å²) in [7, 11) is -2.07. The average Bonchev–Trinajstić information content (AvgIpc) is 3.26. The number of nitrogens with one attached hydrogen (secondary N) is 3. The van der Waals surface area contributed by atoms with Crippen molar-refractivity contribution in [2.75, 3.05) is 20.1 Å². The van der Waals surface area contributed by atoms with E-state index in [9.17, 15) is 18.0 Å². The SMILES string of the molecule is CNC(=O)NC(=O)[C@@H](c1ccccc1)N1CCC(NS(=O)(=O)c2cccs2)CC1. The molecule has 3 amide bonds. The maximum Gasteiger partial charge on any atom is 0.321 e. The lowest BCUT2D eigenvalue weighted by molar-refractivity contribution is -0.126. The Labute approximate surface area is 174 Å². The highest BCUT2D eigenvalue weighted by atomic mass is 32.2. The van der Waals surface area contributed by atoms with Gasteiger partial charge in [-0.3, -0.25) is 15.0 Å². The predicted octanol–water partition coefficient (Wildman–Crippen LogP) is 1.69. The van der Waals surface area contributed by atoms with E-state index in [4.69, 9.17) is 0 Å². The molecule has 1 atom stereocenters. The maximum atomic E-state index is 12.8. The summed E-state index contributed by atoms with van der Waals surface area (Å²) < 4.78 is 27.9. The number of imide groups is 1. The molecule has 156 valence electrons. The molecule has 1 fully saturated rings. The van der Waals surface area contributed by atoms with Crippen LogP contribution in [0.2, 0.25) is 0 Å². The molecule has 0 spiro atoms. The summed E-state index contributed by atoms with van der Waals surface area (Å²) in [6.45, 7) is 1.05. The van der Waals surface area contributed by atoms with Gasteiger partial charge in [-0.2, -0.15) is 0 Å². The van der Waals surface area contributed by atoms with Crippen molar-refractivity contribution in [3.05, 3.63) is 53.4 Å². The molecule has 1 aliphatic heterocycles. The fourth-order valence-electron chi connectivity index (χ4n) is 3.38. The summed E-state index contributed by atoms with van der Waals surface area (Å²) in [4.78, 5) is 26.4. The van der Waals surface area contributed by atoms with Crippen molar-refractivity contribution in [1.29, 1.82) is 0 Å². The average molecular weight is 437 g/mol. The first-order chi connectivity index (χ1) is 13.9. The molecule has 0 saturated carbocycles. The zero-order valence-electron chi connectivity index (χ0n) is 16.0. The Hall–Kier alpha value is -2.27. The Balaban J connectivity index is 1.68. The standard InChI is InChI=1S/C19H24N4O4S2/c1-20-19(25)21-18(24)17(14-6-3-2-4-7-14)23-11-9-15(10-12-23)22-29(26,27)16-8-5-13-28-16/h2-8,13,15,17,22H,9-12H2,1H3,(H2,20,21,24,25)/t17-/m1/s1. The summed E-state index contributed by atoms with van der Waals surface area (Å²) in [5.74, 6) is -0.409. The van der Waals surface area contributed by atoms with Gasteiger partial charge < -0.3 is 5.32 Å². The Kier molecular flexibility index (Phi) is 7.01. The number of nitrogens with zero attached hydrogens (tertiary/aromatic N) is 1. The monoisotopic (exact) mass is 436 g/mol. The molecular weight excluding hydrogens is 412 g/mol. The van der Waals surface area contributed by atoms with Crippen molar-refractivity contribution in [2.24, 2.45) is 0 Å². The highest BCUT2D eigenvalue weighted by Gasteiger charge is 2.33. The second-order valence-electron chi connectivity index (χ2n) is 6.75. The quantitative estimate of drug-likeness (QED) is 0.639. The van der Waals surface area contributed by atoms with E-state index in [1.54, 1.807) is 17.5 Å². The molecule has 0 bridgehead atoms. The van der Waals surface area contributed by atoms with Gasteiger partial charge in [0.25, 0.3) is 0 Å². The number of carbonyl (C=O) groups is 2. The van der Waals surface area contributed by atoms with Crippen LogP contribution in [-0.4, -0.2) is 51.4 Å². The van der Waals surface area contributed by atoms with E-state index in [2.05, 4.69) is 15.4 Å². The number of amides is 3. The van der Waals surface area contributed by atoms with Crippen molar-refractivity contribution in [1.82, 2.24) is 20.3 Å². The zero-order valence-corrected chi connectivity index (χ0v) is 17.6. The van der Waals surface area contributed by atoms with Gasteiger partial charge in [0.2, 0.25) is 15.9 Å². The summed E-state index contributed by atoms with van der Waals surface area (Å²) in [6.07, 6.45) is 1.14. The van der Waals surface area contributed by atoms with Crippen molar-refractivity contribution in [3.63, 3.8) is 0 Å². The zero-order chi connectivity index (χ0) is 20.9. The van der Waals surface area contributed by atoms with Crippen LogP contribution in [0.15, 0.2) is 52.1 Å². The number of piperidine rings is 1. The van der Waals surface area contributed by atoms with Gasteiger partial charge in [-0.1, -0.05) is 36.4 Å². The normalized spacial score (nSPS) is 16.9. The van der Waals surface area contributed by atoms with Crippen LogP contribution in [0.5, 0.6) is 0 Å². The van der Waals surface area contributed by atoms with Crippen molar-refractivity contribution >= 4 is 33.3 Å². The molecule has 10 heteroatoms. The Bertz CT molecular complexity index is 924. The topological polar surface area (TPSA) is 108 Å². The van der Waals surface area contributed by atoms with Crippen LogP contribution < -0.4 is 15.4 Å². The number of carbonyl (C=O) groups excluding carboxylic acids is 2. The van der Waals surface area contributed by atoms with E-state index in [0.717, 1.165) is 5.56 Å². The van der Waals surface area contributed by atoms with Crippen LogP contribution >= 0.6 is 11.3 Å². The highest BCUT2D eigenvalue weighted by molar-refractivity contribution is 7.91. The molecular formula is C19H24N4O4S2. The number of hydrogen-bond acceptors (Lipinski definition) is 6. The van der Waals surface area contributed by atoms with Crippen LogP contribution in [0, 0.1) is 0 Å². The molecule has 1 aromatic carbocycles. The number of rotatable bonds is 6. The number of sulfonamides is 1. The van der Waals surface area contributed by atoms with E-state index in [-0.39, 0.29) is 6.04 Å². The molecule has 29 heavy (non-hydrogen) atoms. The third kappa shape index (κ3) is 5.41. The summed E-state index contributed by atoms with van der Waals surface area (Å²) in [5.41, 5.74) is 0.784. The fraction of sp³-hybridized carbons (Fsp3) is 0.368. The minimum atomic E-state index is -3.52. The Morgan fingerprint density at radius 1 is 1.10 bits per heavy atom. The van der Waals surface area contributed by atoms with Gasteiger partial charge in [0.05, 0.1) is 0 Å². The van der Waals surface area contributed by atoms with Gasteiger partial charge in [0.1, 0.15) is 10.3 Å². The van der Waals surface area contributed by atoms with Crippen molar-refractivity contribution in [3.8, 4) is 0 Å². The molecule has 1 aliphatic rings. The van der Waals surface area contributed by atoms with Crippen LogP contribution in [0.3, 0.4) is 0 Å². The van der Waals surface area contributed by atoms with Gasteiger partial charge in [-0.15, -0.1) is 11.3 Å². The number of likely N-dealkylation sites (tertiary alicyclic amines) is 1. The maximum absolute atomic E-state index is 12.8. The first kappa shape index (κ1) is 21.4. The van der Waals surface area contributed by atoms with E-state index in [1.807, 2.05) is 35.2 Å². The molecule has 0 aliphatic carbocycles. The number of urea groups is 1. The Morgan fingerprint density at radius 2 is 1.79 bits per heavy atom. The molecule has 8 nitrogen and oxygen atoms in total. The highest BCUT2D eigenvalue weighted by Crippen LogP contribution is 2.26. The molecule has 2 aromatic rings. The first-order valence-corrected chi connectivity index (χ1v) is 11.6. The third-order valence-corrected chi connectivity index (χ3v) is 7.72. The van der Waals surface area contributed by atoms with Crippen LogP contribution in [-0.2, 0) is 14.8 Å². The lowest BCUT2D eigenvalue weighted by atomic mass is 9.99. The minimum Gasteiger partial charge on any atom is -0.341 e. The molecule has 0 unspecified atom stereocenters. The molecule has 1 saturated heterocycles. The minimum absolute atomic E-state index is 0.197. The van der Waals surface area contributed by atoms with Crippen LogP contribution in [0.4, 0.5) is 4.79 Å². The molecule has 2 heterocycles. The van der Waals surface area contributed by atoms with E-state index in [1.165, 1.54) is 18.4 Å². The van der Waals surface area contributed by atoms with Gasteiger partial charge in [-0.25, -0.2) is 17.9 Å². The van der Waals surface area contributed by atoms with Gasteiger partial charge >= 0.3 is 6.03 Å². The second-order valence-corrected chi connectivity index (χ2v) is 9.63. The molecule has 3 rings (SSSR count). The first-order valence-electron chi connectivity index (χ1n) is 9.28. The fourth-order valence-corrected chi connectivity index (χ4v) is 5.69. The van der Waals surface area contributed by atoms with E-state index >= 15 is 0 Å². The van der Waals surface area contributed by atoms with Crippen molar-refractivity contribution in [2.45, 2.75) is 29.1 Å². The summed E-state index contributed by atoms with van der Waals surface area (Å²) >= 11 is 1.18. The van der Waals surface area contributed by atoms with Gasteiger partial charge in [0.15, 0.2) is 0 Å². The molecule has 0 radical (unpaired) electrons. The van der Waals surface area contributed by atoms with Crippen LogP contribution in [0.1, 0.15) is 24.4 Å². The lowest BCUT2D eigenvalue weighted by Crippen LogP contribution is -2.50. The van der Waals surface area contributed by atoms with Crippen LogP contribution in [0.25, 0.3) is 0 Å². The van der Waals surface area contributed by atoms with E-state index < -0.39 is 28.0 Å². The Morgan fingerprint density at radius 3 is 2.38 bits per heavy atom. The summed E-state index contributed by atoms with van der Waals surface area (Å²) in [5, 5.41) is 6.47. The number of hydrogen-bond donors (Lipinski definition) is 3. The molecule has 1 aromatic heterocycles. The number of benzene rings is 1. The van der Waals surface area contributed by atoms with Gasteiger partial charge in [-0.05, 0) is 29.9 Å². The summed E-state index contributed by atoms with van der Waals surface area (Å²) in [6, 6.07) is 11.2. The van der Waals surface area contributed by atoms with E-state index in [0.29, 0.717) is 30.1 Å². The molecule has 3 N–H and O–H groups in total. The second kappa shape index (κ2) is 9.49. The third-order valence-electron chi connectivity index (χ3n) is 4.80. The van der Waals surface area contributed by atoms with Gasteiger partial charge in [0, 0.05) is 26.2 Å². The number of thiophene rings is 1. The predicted molar refractivity (Wildman–Crippen MR) is 111 cm³/mol.